The van der Waals surface area contributed by atoms with Gasteiger partial charge in [-0.3, -0.25) is 14.7 Å². The molecule has 0 aliphatic rings. The number of halogens is 1. The van der Waals surface area contributed by atoms with E-state index in [4.69, 9.17) is 16.6 Å². The van der Waals surface area contributed by atoms with Crippen molar-refractivity contribution in [2.24, 2.45) is 0 Å². The van der Waals surface area contributed by atoms with Gasteiger partial charge in [-0.05, 0) is 53.6 Å². The van der Waals surface area contributed by atoms with Gasteiger partial charge in [-0.1, -0.05) is 65.4 Å². The lowest BCUT2D eigenvalue weighted by atomic mass is 10.1. The number of amides is 1. The number of nitrogens with zero attached hydrogens (tertiary/aromatic N) is 3. The summed E-state index contributed by atoms with van der Waals surface area (Å²) in [5.41, 5.74) is 3.25. The highest BCUT2D eigenvalue weighted by Crippen LogP contribution is 2.36. The van der Waals surface area contributed by atoms with Gasteiger partial charge in [0.05, 0.1) is 27.5 Å². The Balaban J connectivity index is 1.62. The number of carbonyl (C=O) groups excluding carboxylic acids is 1. The first-order chi connectivity index (χ1) is 15.1. The molecule has 0 radical (unpaired) electrons. The lowest BCUT2D eigenvalue weighted by molar-refractivity contribution is 0.0985. The van der Waals surface area contributed by atoms with Crippen molar-refractivity contribution in [2.45, 2.75) is 13.5 Å². The van der Waals surface area contributed by atoms with Crippen LogP contribution in [0.2, 0.25) is 5.02 Å². The highest BCUT2D eigenvalue weighted by molar-refractivity contribution is 7.23. The Kier molecular flexibility index (Phi) is 5.14. The van der Waals surface area contributed by atoms with Crippen LogP contribution in [-0.2, 0) is 6.54 Å². The molecule has 0 aliphatic heterocycles. The van der Waals surface area contributed by atoms with Gasteiger partial charge >= 0.3 is 0 Å². The van der Waals surface area contributed by atoms with Crippen molar-refractivity contribution in [3.05, 3.63) is 101 Å². The molecule has 4 nitrogen and oxygen atoms in total. The molecule has 31 heavy (non-hydrogen) atoms. The van der Waals surface area contributed by atoms with Crippen LogP contribution >= 0.6 is 22.9 Å². The van der Waals surface area contributed by atoms with Crippen molar-refractivity contribution in [3.8, 4) is 0 Å². The number of anilines is 1. The smallest absolute Gasteiger partial charge is 0.260 e. The van der Waals surface area contributed by atoms with Gasteiger partial charge in [0.1, 0.15) is 0 Å². The van der Waals surface area contributed by atoms with Crippen molar-refractivity contribution in [2.75, 3.05) is 4.90 Å². The van der Waals surface area contributed by atoms with Crippen LogP contribution in [0, 0.1) is 6.92 Å². The van der Waals surface area contributed by atoms with E-state index < -0.39 is 0 Å². The van der Waals surface area contributed by atoms with Gasteiger partial charge in [0.2, 0.25) is 0 Å². The summed E-state index contributed by atoms with van der Waals surface area (Å²) >= 11 is 7.85. The van der Waals surface area contributed by atoms with E-state index in [1.54, 1.807) is 11.1 Å². The lowest BCUT2D eigenvalue weighted by Crippen LogP contribution is -2.30. The molecule has 2 heterocycles. The predicted molar refractivity (Wildman–Crippen MR) is 128 cm³/mol. The van der Waals surface area contributed by atoms with Gasteiger partial charge in [0, 0.05) is 11.8 Å². The van der Waals surface area contributed by atoms with E-state index in [0.29, 0.717) is 22.3 Å². The molecular weight excluding hydrogens is 426 g/mol. The Bertz CT molecular complexity index is 1380. The van der Waals surface area contributed by atoms with Crippen LogP contribution in [-0.4, -0.2) is 15.9 Å². The van der Waals surface area contributed by atoms with Crippen LogP contribution in [0.1, 0.15) is 21.6 Å². The summed E-state index contributed by atoms with van der Waals surface area (Å²) < 4.78 is 0.883. The van der Waals surface area contributed by atoms with Crippen LogP contribution in [0.4, 0.5) is 5.13 Å². The molecule has 0 fully saturated rings. The zero-order chi connectivity index (χ0) is 21.4. The fraction of sp³-hybridized carbons (Fsp3) is 0.0800. The normalized spacial score (nSPS) is 11.2. The molecule has 0 saturated heterocycles. The molecule has 0 bridgehead atoms. The third kappa shape index (κ3) is 3.78. The van der Waals surface area contributed by atoms with Gasteiger partial charge in [-0.2, -0.15) is 0 Å². The Morgan fingerprint density at radius 3 is 2.58 bits per heavy atom. The summed E-state index contributed by atoms with van der Waals surface area (Å²) in [4.78, 5) is 24.6. The minimum absolute atomic E-state index is 0.121. The summed E-state index contributed by atoms with van der Waals surface area (Å²) in [6, 6.07) is 23.3. The minimum atomic E-state index is -0.121. The van der Waals surface area contributed by atoms with E-state index in [-0.39, 0.29) is 5.91 Å². The van der Waals surface area contributed by atoms with Crippen LogP contribution < -0.4 is 4.90 Å². The van der Waals surface area contributed by atoms with Crippen LogP contribution in [0.5, 0.6) is 0 Å². The molecule has 152 valence electrons. The van der Waals surface area contributed by atoms with E-state index in [1.165, 1.54) is 11.3 Å². The molecule has 0 spiro atoms. The second-order valence-corrected chi connectivity index (χ2v) is 8.70. The SMILES string of the molecule is Cc1ccc(Cl)c2sc(N(Cc3ccccn3)C(=O)c3ccc4ccccc4c3)nc12. The predicted octanol–water partition coefficient (Wildman–Crippen LogP) is 6.65. The van der Waals surface area contributed by atoms with Gasteiger partial charge in [-0.25, -0.2) is 4.98 Å². The molecule has 0 saturated carbocycles. The monoisotopic (exact) mass is 443 g/mol. The van der Waals surface area contributed by atoms with Gasteiger partial charge < -0.3 is 0 Å². The minimum Gasteiger partial charge on any atom is -0.278 e. The molecule has 0 atom stereocenters. The summed E-state index contributed by atoms with van der Waals surface area (Å²) in [6.07, 6.45) is 1.73. The van der Waals surface area contributed by atoms with E-state index >= 15 is 0 Å². The number of hydrogen-bond donors (Lipinski definition) is 0. The van der Waals surface area contributed by atoms with Crippen molar-refractivity contribution in [1.29, 1.82) is 0 Å². The van der Waals surface area contributed by atoms with Gasteiger partial charge in [-0.15, -0.1) is 0 Å². The van der Waals surface area contributed by atoms with E-state index in [1.807, 2.05) is 79.7 Å². The van der Waals surface area contributed by atoms with Crippen molar-refractivity contribution in [3.63, 3.8) is 0 Å². The van der Waals surface area contributed by atoms with Gasteiger partial charge in [0.25, 0.3) is 5.91 Å². The molecule has 2 aromatic heterocycles. The Hall–Kier alpha value is -3.28. The second kappa shape index (κ2) is 8.10. The average Bonchev–Trinajstić information content (AvgIpc) is 3.26. The molecule has 5 aromatic rings. The topological polar surface area (TPSA) is 46.1 Å². The maximum Gasteiger partial charge on any atom is 0.260 e. The first-order valence-corrected chi connectivity index (χ1v) is 11.1. The van der Waals surface area contributed by atoms with Crippen molar-refractivity contribution < 1.29 is 4.79 Å². The van der Waals surface area contributed by atoms with Crippen molar-refractivity contribution in [1.82, 2.24) is 9.97 Å². The number of thiazole rings is 1. The lowest BCUT2D eigenvalue weighted by Gasteiger charge is -2.20. The first kappa shape index (κ1) is 19.7. The quantitative estimate of drug-likeness (QED) is 0.312. The summed E-state index contributed by atoms with van der Waals surface area (Å²) in [5, 5.41) is 3.36. The average molecular weight is 444 g/mol. The summed E-state index contributed by atoms with van der Waals surface area (Å²) in [7, 11) is 0. The highest BCUT2D eigenvalue weighted by atomic mass is 35.5. The number of aromatic nitrogens is 2. The highest BCUT2D eigenvalue weighted by Gasteiger charge is 2.23. The molecule has 5 rings (SSSR count). The largest absolute Gasteiger partial charge is 0.278 e. The molecular formula is C25H18ClN3OS. The molecule has 0 unspecified atom stereocenters. The number of fused-ring (bicyclic) bond motifs is 2. The number of carbonyl (C=O) groups is 1. The summed E-state index contributed by atoms with van der Waals surface area (Å²) in [6.45, 7) is 2.32. The molecule has 0 aliphatic carbocycles. The summed E-state index contributed by atoms with van der Waals surface area (Å²) in [5.74, 6) is -0.121. The number of pyridine rings is 1. The maximum absolute atomic E-state index is 13.7. The Morgan fingerprint density at radius 1 is 1.00 bits per heavy atom. The number of benzene rings is 3. The maximum atomic E-state index is 13.7. The van der Waals surface area contributed by atoms with Crippen molar-refractivity contribution >= 4 is 55.0 Å². The standard InChI is InChI=1S/C25H18ClN3OS/c1-16-9-12-21(26)23-22(16)28-25(31-23)29(15-20-8-4-5-13-27-20)24(30)19-11-10-17-6-2-3-7-18(17)14-19/h2-14H,15H2,1H3. The number of aryl methyl sites for hydroxylation is 1. The van der Waals surface area contributed by atoms with Crippen LogP contribution in [0.3, 0.4) is 0 Å². The zero-order valence-electron chi connectivity index (χ0n) is 16.7. The molecule has 0 N–H and O–H groups in total. The van der Waals surface area contributed by atoms with Crippen LogP contribution in [0.25, 0.3) is 21.0 Å². The fourth-order valence-corrected chi connectivity index (χ4v) is 4.88. The zero-order valence-corrected chi connectivity index (χ0v) is 18.3. The second-order valence-electron chi connectivity index (χ2n) is 7.31. The van der Waals surface area contributed by atoms with Crippen LogP contribution in [0.15, 0.2) is 79.0 Å². The fourth-order valence-electron chi connectivity index (χ4n) is 3.56. The van der Waals surface area contributed by atoms with Gasteiger partial charge in [0.15, 0.2) is 5.13 Å². The van der Waals surface area contributed by atoms with E-state index in [0.717, 1.165) is 32.2 Å². The van der Waals surface area contributed by atoms with E-state index in [2.05, 4.69) is 4.98 Å². The first-order valence-electron chi connectivity index (χ1n) is 9.86. The molecule has 6 heteroatoms. The number of rotatable bonds is 4. The number of hydrogen-bond acceptors (Lipinski definition) is 4. The third-order valence-electron chi connectivity index (χ3n) is 5.20. The third-order valence-corrected chi connectivity index (χ3v) is 6.74. The molecule has 3 aromatic carbocycles. The molecule has 1 amide bonds. The van der Waals surface area contributed by atoms with E-state index in [9.17, 15) is 4.79 Å². The Labute approximate surface area is 188 Å². The Morgan fingerprint density at radius 2 is 1.81 bits per heavy atom.